The third-order valence-electron chi connectivity index (χ3n) is 0.956. The van der Waals surface area contributed by atoms with E-state index in [2.05, 4.69) is 27.7 Å². The van der Waals surface area contributed by atoms with Gasteiger partial charge in [-0.05, 0) is 0 Å². The standard InChI is InChI=1S/C8H18OS/c1-7(6-9-5)10-8(2,3)4/h7H,6H2,1-5H3/t7-/m0/s1. The number of thioether (sulfide) groups is 1. The van der Waals surface area contributed by atoms with Crippen molar-refractivity contribution in [3.05, 3.63) is 0 Å². The molecule has 0 heterocycles. The molecule has 0 spiro atoms. The van der Waals surface area contributed by atoms with Gasteiger partial charge >= 0.3 is 0 Å². The molecule has 62 valence electrons. The Morgan fingerprint density at radius 3 is 2.20 bits per heavy atom. The zero-order valence-corrected chi connectivity index (χ0v) is 8.42. The smallest absolute Gasteiger partial charge is 0.0578 e. The normalized spacial score (nSPS) is 15.3. The summed E-state index contributed by atoms with van der Waals surface area (Å²) in [7, 11) is 1.75. The molecular formula is C8H18OS. The van der Waals surface area contributed by atoms with Crippen molar-refractivity contribution in [2.75, 3.05) is 13.7 Å². The fraction of sp³-hybridized carbons (Fsp3) is 1.00. The SMILES string of the molecule is COC[C@H](C)SC(C)(C)C. The minimum absolute atomic E-state index is 0.359. The second-order valence-corrected chi connectivity index (χ2v) is 5.76. The van der Waals surface area contributed by atoms with Crippen LogP contribution >= 0.6 is 11.8 Å². The van der Waals surface area contributed by atoms with E-state index in [9.17, 15) is 0 Å². The summed E-state index contributed by atoms with van der Waals surface area (Å²) < 4.78 is 5.39. The minimum atomic E-state index is 0.359. The minimum Gasteiger partial charge on any atom is -0.384 e. The number of methoxy groups -OCH3 is 1. The van der Waals surface area contributed by atoms with E-state index in [4.69, 9.17) is 4.74 Å². The molecule has 0 amide bonds. The fourth-order valence-electron chi connectivity index (χ4n) is 0.872. The van der Waals surface area contributed by atoms with Crippen LogP contribution in [0.1, 0.15) is 27.7 Å². The van der Waals surface area contributed by atoms with Gasteiger partial charge in [0.15, 0.2) is 0 Å². The van der Waals surface area contributed by atoms with Crippen LogP contribution in [0, 0.1) is 0 Å². The van der Waals surface area contributed by atoms with Crippen LogP contribution in [0.2, 0.25) is 0 Å². The highest BCUT2D eigenvalue weighted by atomic mass is 32.2. The Balaban J connectivity index is 3.47. The molecule has 0 rings (SSSR count). The molecule has 0 bridgehead atoms. The summed E-state index contributed by atoms with van der Waals surface area (Å²) in [5.74, 6) is 0. The molecule has 0 aromatic rings. The van der Waals surface area contributed by atoms with E-state index in [-0.39, 0.29) is 0 Å². The predicted molar refractivity (Wildman–Crippen MR) is 48.7 cm³/mol. The van der Waals surface area contributed by atoms with E-state index in [1.165, 1.54) is 0 Å². The Morgan fingerprint density at radius 1 is 1.40 bits per heavy atom. The number of hydrogen-bond donors (Lipinski definition) is 0. The molecule has 0 N–H and O–H groups in total. The van der Waals surface area contributed by atoms with Gasteiger partial charge in [-0.3, -0.25) is 0 Å². The van der Waals surface area contributed by atoms with Gasteiger partial charge in [0.05, 0.1) is 6.61 Å². The molecular weight excluding hydrogens is 144 g/mol. The van der Waals surface area contributed by atoms with Gasteiger partial charge in [0.2, 0.25) is 0 Å². The first kappa shape index (κ1) is 10.3. The molecule has 0 saturated carbocycles. The lowest BCUT2D eigenvalue weighted by atomic mass is 10.3. The van der Waals surface area contributed by atoms with E-state index in [0.717, 1.165) is 6.61 Å². The van der Waals surface area contributed by atoms with E-state index in [0.29, 0.717) is 10.00 Å². The third-order valence-corrected chi connectivity index (χ3v) is 2.20. The molecule has 0 unspecified atom stereocenters. The number of rotatable bonds is 3. The van der Waals surface area contributed by atoms with Crippen LogP contribution in [-0.4, -0.2) is 23.7 Å². The molecule has 0 saturated heterocycles. The summed E-state index contributed by atoms with van der Waals surface area (Å²) in [6.07, 6.45) is 0. The molecule has 0 aromatic carbocycles. The highest BCUT2D eigenvalue weighted by Gasteiger charge is 2.14. The van der Waals surface area contributed by atoms with Crippen molar-refractivity contribution in [2.24, 2.45) is 0 Å². The number of ether oxygens (including phenoxy) is 1. The first-order valence-electron chi connectivity index (χ1n) is 3.62. The lowest BCUT2D eigenvalue weighted by molar-refractivity contribution is 0.202. The van der Waals surface area contributed by atoms with Gasteiger partial charge in [0.25, 0.3) is 0 Å². The molecule has 2 heteroatoms. The second kappa shape index (κ2) is 4.24. The summed E-state index contributed by atoms with van der Waals surface area (Å²) in [4.78, 5) is 0. The van der Waals surface area contributed by atoms with Crippen LogP contribution in [0.15, 0.2) is 0 Å². The van der Waals surface area contributed by atoms with Crippen molar-refractivity contribution in [1.29, 1.82) is 0 Å². The highest BCUT2D eigenvalue weighted by Crippen LogP contribution is 2.27. The molecule has 0 aliphatic carbocycles. The zero-order chi connectivity index (χ0) is 8.20. The molecule has 0 aromatic heterocycles. The van der Waals surface area contributed by atoms with Gasteiger partial charge in [0, 0.05) is 17.1 Å². The molecule has 10 heavy (non-hydrogen) atoms. The Kier molecular flexibility index (Phi) is 4.37. The van der Waals surface area contributed by atoms with Crippen molar-refractivity contribution in [2.45, 2.75) is 37.7 Å². The summed E-state index contributed by atoms with van der Waals surface area (Å²) in [6, 6.07) is 0. The maximum absolute atomic E-state index is 5.03. The summed E-state index contributed by atoms with van der Waals surface area (Å²) in [5, 5.41) is 0.602. The summed E-state index contributed by atoms with van der Waals surface area (Å²) >= 11 is 1.96. The zero-order valence-electron chi connectivity index (χ0n) is 7.60. The van der Waals surface area contributed by atoms with Gasteiger partial charge in [-0.1, -0.05) is 27.7 Å². The van der Waals surface area contributed by atoms with Crippen molar-refractivity contribution in [1.82, 2.24) is 0 Å². The van der Waals surface area contributed by atoms with Crippen LogP contribution in [-0.2, 0) is 4.74 Å². The van der Waals surface area contributed by atoms with Crippen molar-refractivity contribution in [3.8, 4) is 0 Å². The Labute approximate surface area is 68.5 Å². The van der Waals surface area contributed by atoms with Crippen LogP contribution in [0.5, 0.6) is 0 Å². The van der Waals surface area contributed by atoms with Crippen molar-refractivity contribution >= 4 is 11.8 Å². The maximum Gasteiger partial charge on any atom is 0.0578 e. The number of hydrogen-bond acceptors (Lipinski definition) is 2. The quantitative estimate of drug-likeness (QED) is 0.630. The lowest BCUT2D eigenvalue weighted by Crippen LogP contribution is -2.16. The van der Waals surface area contributed by atoms with Gasteiger partial charge in [-0.2, -0.15) is 11.8 Å². The van der Waals surface area contributed by atoms with E-state index >= 15 is 0 Å². The first-order valence-corrected chi connectivity index (χ1v) is 4.50. The fourth-order valence-corrected chi connectivity index (χ4v) is 2.28. The second-order valence-electron chi connectivity index (χ2n) is 3.50. The van der Waals surface area contributed by atoms with E-state index in [1.54, 1.807) is 7.11 Å². The monoisotopic (exact) mass is 162 g/mol. The molecule has 0 aliphatic rings. The van der Waals surface area contributed by atoms with Gasteiger partial charge in [-0.15, -0.1) is 0 Å². The summed E-state index contributed by atoms with van der Waals surface area (Å²) in [6.45, 7) is 9.72. The average molecular weight is 162 g/mol. The van der Waals surface area contributed by atoms with Crippen LogP contribution < -0.4 is 0 Å². The molecule has 0 radical (unpaired) electrons. The summed E-state index contributed by atoms with van der Waals surface area (Å²) in [5.41, 5.74) is 0. The topological polar surface area (TPSA) is 9.23 Å². The molecule has 0 fully saturated rings. The van der Waals surface area contributed by atoms with Gasteiger partial charge in [-0.25, -0.2) is 0 Å². The predicted octanol–water partition coefficient (Wildman–Crippen LogP) is 2.55. The van der Waals surface area contributed by atoms with Crippen LogP contribution in [0.3, 0.4) is 0 Å². The molecule has 1 nitrogen and oxygen atoms in total. The highest BCUT2D eigenvalue weighted by molar-refractivity contribution is 8.01. The van der Waals surface area contributed by atoms with Crippen LogP contribution in [0.25, 0.3) is 0 Å². The van der Waals surface area contributed by atoms with Crippen molar-refractivity contribution < 1.29 is 4.74 Å². The van der Waals surface area contributed by atoms with Crippen molar-refractivity contribution in [3.63, 3.8) is 0 Å². The maximum atomic E-state index is 5.03. The molecule has 1 atom stereocenters. The third kappa shape index (κ3) is 6.43. The molecule has 0 aliphatic heterocycles. The Hall–Kier alpha value is 0.310. The van der Waals surface area contributed by atoms with Gasteiger partial charge in [0.1, 0.15) is 0 Å². The first-order chi connectivity index (χ1) is 4.45. The Morgan fingerprint density at radius 2 is 1.90 bits per heavy atom. The largest absolute Gasteiger partial charge is 0.384 e. The average Bonchev–Trinajstić information content (AvgIpc) is 1.59. The van der Waals surface area contributed by atoms with Crippen LogP contribution in [0.4, 0.5) is 0 Å². The Bertz CT molecular complexity index is 85.7. The van der Waals surface area contributed by atoms with E-state index in [1.807, 2.05) is 11.8 Å². The lowest BCUT2D eigenvalue weighted by Gasteiger charge is -2.22. The van der Waals surface area contributed by atoms with E-state index < -0.39 is 0 Å². The van der Waals surface area contributed by atoms with Gasteiger partial charge < -0.3 is 4.74 Å².